The molecule has 2 fully saturated rings. The molecule has 2 N–H and O–H groups in total. The molecule has 52 heavy (non-hydrogen) atoms. The van der Waals surface area contributed by atoms with E-state index in [0.717, 1.165) is 28.4 Å². The molecule has 4 aromatic carbocycles. The van der Waals surface area contributed by atoms with Gasteiger partial charge in [-0.15, -0.1) is 0 Å². The second-order valence-electron chi connectivity index (χ2n) is 15.0. The van der Waals surface area contributed by atoms with Gasteiger partial charge >= 0.3 is 0 Å². The van der Waals surface area contributed by atoms with Crippen molar-refractivity contribution in [3.63, 3.8) is 0 Å². The van der Waals surface area contributed by atoms with Crippen molar-refractivity contribution in [3.8, 4) is 0 Å². The molecule has 4 heterocycles. The van der Waals surface area contributed by atoms with E-state index >= 15 is 0 Å². The van der Waals surface area contributed by atoms with Crippen LogP contribution in [0, 0.1) is 16.0 Å². The summed E-state index contributed by atoms with van der Waals surface area (Å²) in [6, 6.07) is 22.9. The molecular formula is C39H40N4O8Si. The van der Waals surface area contributed by atoms with Gasteiger partial charge in [0.25, 0.3) is 17.5 Å². The van der Waals surface area contributed by atoms with E-state index < -0.39 is 42.3 Å². The third-order valence-electron chi connectivity index (χ3n) is 11.6. The Bertz CT molecular complexity index is 2150. The lowest BCUT2D eigenvalue weighted by Gasteiger charge is -2.32. The van der Waals surface area contributed by atoms with Crippen molar-refractivity contribution in [2.75, 3.05) is 23.0 Å². The predicted molar refractivity (Wildman–Crippen MR) is 197 cm³/mol. The van der Waals surface area contributed by atoms with Gasteiger partial charge in [0.1, 0.15) is 0 Å². The number of hydrogen-bond acceptors (Lipinski definition) is 8. The second-order valence-corrected chi connectivity index (χ2v) is 18.9. The lowest BCUT2D eigenvalue weighted by atomic mass is 9.82. The molecule has 4 aromatic rings. The maximum Gasteiger partial charge on any atom is 0.269 e. The Hall–Kier alpha value is -4.95. The van der Waals surface area contributed by atoms with Crippen LogP contribution in [0.3, 0.4) is 0 Å². The monoisotopic (exact) mass is 720 g/mol. The molecule has 2 saturated heterocycles. The summed E-state index contributed by atoms with van der Waals surface area (Å²) in [6.45, 7) is 5.83. The van der Waals surface area contributed by atoms with Gasteiger partial charge in [-0.25, -0.2) is 0 Å². The normalized spacial score (nSPS) is 25.2. The number of nitro benzene ring substituents is 1. The fraction of sp³-hybridized carbons (Fsp3) is 0.359. The zero-order valence-corrected chi connectivity index (χ0v) is 30.2. The van der Waals surface area contributed by atoms with E-state index in [1.165, 1.54) is 12.1 Å². The van der Waals surface area contributed by atoms with Crippen molar-refractivity contribution in [2.45, 2.75) is 69.1 Å². The van der Waals surface area contributed by atoms with Crippen molar-refractivity contribution in [1.29, 1.82) is 0 Å². The first kappa shape index (κ1) is 34.1. The van der Waals surface area contributed by atoms with E-state index in [0.29, 0.717) is 35.5 Å². The summed E-state index contributed by atoms with van der Waals surface area (Å²) in [4.78, 5) is 70.1. The van der Waals surface area contributed by atoms with Crippen molar-refractivity contribution in [2.24, 2.45) is 5.92 Å². The SMILES string of the molecule is C[C@H]1[C@H]([Si](C)(C)O)[C@@H](CC(=O)N2CCC[C@H]2CO)O[C@]12C(=O)N(Cc1ccc(N3C(=O)c4cccc5cccc3c45)cc1)c1ccc([N+](=O)[O-])cc12. The Kier molecular flexibility index (Phi) is 8.10. The Labute approximate surface area is 301 Å². The Morgan fingerprint density at radius 2 is 1.77 bits per heavy atom. The van der Waals surface area contributed by atoms with E-state index in [1.54, 1.807) is 33.9 Å². The minimum atomic E-state index is -3.11. The van der Waals surface area contributed by atoms with Crippen molar-refractivity contribution in [3.05, 3.63) is 106 Å². The summed E-state index contributed by atoms with van der Waals surface area (Å²) in [5, 5.41) is 23.8. The first-order valence-electron chi connectivity index (χ1n) is 17.7. The Morgan fingerprint density at radius 1 is 1.04 bits per heavy atom. The zero-order chi connectivity index (χ0) is 36.7. The van der Waals surface area contributed by atoms with Crippen LogP contribution in [0.4, 0.5) is 22.7 Å². The van der Waals surface area contributed by atoms with Crippen molar-refractivity contribution in [1.82, 2.24) is 4.90 Å². The first-order valence-corrected chi connectivity index (χ1v) is 20.7. The van der Waals surface area contributed by atoms with Gasteiger partial charge < -0.3 is 24.4 Å². The number of benzene rings is 4. The van der Waals surface area contributed by atoms with Gasteiger partial charge in [0.15, 0.2) is 13.9 Å². The third kappa shape index (κ3) is 5.09. The smallest absolute Gasteiger partial charge is 0.269 e. The fourth-order valence-electron chi connectivity index (χ4n) is 9.28. The number of rotatable bonds is 8. The van der Waals surface area contributed by atoms with Gasteiger partial charge in [-0.3, -0.25) is 29.4 Å². The summed E-state index contributed by atoms with van der Waals surface area (Å²) in [5.74, 6) is -1.36. The lowest BCUT2D eigenvalue weighted by Crippen LogP contribution is -2.46. The van der Waals surface area contributed by atoms with E-state index in [-0.39, 0.29) is 43.1 Å². The molecule has 0 aliphatic carbocycles. The van der Waals surface area contributed by atoms with Crippen LogP contribution in [0.5, 0.6) is 0 Å². The van der Waals surface area contributed by atoms with Crippen LogP contribution >= 0.6 is 0 Å². The van der Waals surface area contributed by atoms with Gasteiger partial charge in [-0.1, -0.05) is 43.3 Å². The molecule has 4 aliphatic heterocycles. The number of likely N-dealkylation sites (tertiary alicyclic amines) is 1. The van der Waals surface area contributed by atoms with E-state index in [4.69, 9.17) is 4.74 Å². The predicted octanol–water partition coefficient (Wildman–Crippen LogP) is 5.76. The van der Waals surface area contributed by atoms with Gasteiger partial charge in [0.2, 0.25) is 5.91 Å². The quantitative estimate of drug-likeness (QED) is 0.132. The van der Waals surface area contributed by atoms with Gasteiger partial charge in [0.05, 0.1) is 53.6 Å². The van der Waals surface area contributed by atoms with Crippen LogP contribution < -0.4 is 9.80 Å². The van der Waals surface area contributed by atoms with E-state index in [9.17, 15) is 34.4 Å². The number of ether oxygens (including phenoxy) is 1. The van der Waals surface area contributed by atoms with Crippen LogP contribution in [0.1, 0.15) is 47.7 Å². The molecule has 0 unspecified atom stereocenters. The van der Waals surface area contributed by atoms with Crippen LogP contribution in [0.15, 0.2) is 78.9 Å². The first-order chi connectivity index (χ1) is 24.8. The highest BCUT2D eigenvalue weighted by atomic mass is 28.4. The van der Waals surface area contributed by atoms with Gasteiger partial charge in [-0.05, 0) is 67.2 Å². The standard InChI is InChI=1S/C39H40N4O8Si/c1-23-36(52(2,3)50)33(20-34(45)40-18-6-9-28(40)22-44)51-39(23)30-19-27(43(48)49)16-17-31(30)41(38(39)47)21-24-12-14-26(15-13-24)42-32-11-5-8-25-7-4-10-29(35(25)32)37(42)46/h4-5,7-8,10-17,19,23,28,33,36,44,50H,6,9,18,20-22H2,1-3H3/t23-,28-,33+,36-,39+/m0/s1. The average Bonchev–Trinajstić information content (AvgIpc) is 3.85. The molecule has 0 saturated carbocycles. The molecule has 0 radical (unpaired) electrons. The summed E-state index contributed by atoms with van der Waals surface area (Å²) in [5.41, 5.74) is 1.28. The van der Waals surface area contributed by atoms with Crippen LogP contribution in [0.25, 0.3) is 10.8 Å². The summed E-state index contributed by atoms with van der Waals surface area (Å²) < 4.78 is 6.77. The summed E-state index contributed by atoms with van der Waals surface area (Å²) in [6.07, 6.45) is 0.559. The van der Waals surface area contributed by atoms with E-state index in [2.05, 4.69) is 0 Å². The third-order valence-corrected chi connectivity index (χ3v) is 14.1. The summed E-state index contributed by atoms with van der Waals surface area (Å²) >= 11 is 0. The zero-order valence-electron chi connectivity index (χ0n) is 29.2. The molecule has 4 aliphatic rings. The number of amides is 3. The molecule has 12 nitrogen and oxygen atoms in total. The Morgan fingerprint density at radius 3 is 2.46 bits per heavy atom. The van der Waals surface area contributed by atoms with Crippen LogP contribution in [-0.4, -0.2) is 71.1 Å². The molecule has 5 atom stereocenters. The molecule has 1 spiro atoms. The highest BCUT2D eigenvalue weighted by Crippen LogP contribution is 2.60. The molecule has 268 valence electrons. The van der Waals surface area contributed by atoms with Crippen molar-refractivity contribution < 1.29 is 33.9 Å². The number of nitrogens with zero attached hydrogens (tertiary/aromatic N) is 4. The van der Waals surface area contributed by atoms with Gasteiger partial charge in [0, 0.05) is 46.8 Å². The highest BCUT2D eigenvalue weighted by molar-refractivity contribution is 6.71. The van der Waals surface area contributed by atoms with Crippen LogP contribution in [-0.2, 0) is 26.5 Å². The molecular weight excluding hydrogens is 681 g/mol. The Balaban J connectivity index is 1.13. The number of fused-ring (bicyclic) bond motifs is 2. The summed E-state index contributed by atoms with van der Waals surface area (Å²) in [7, 11) is -3.11. The molecule has 0 aromatic heterocycles. The number of aliphatic hydroxyl groups excluding tert-OH is 1. The fourth-order valence-corrected chi connectivity index (χ4v) is 11.8. The number of carbonyl (C=O) groups excluding carboxylic acids is 3. The number of carbonyl (C=O) groups is 3. The largest absolute Gasteiger partial charge is 0.432 e. The number of non-ortho nitro benzene ring substituents is 1. The number of hydrogen-bond donors (Lipinski definition) is 2. The maximum atomic E-state index is 14.9. The van der Waals surface area contributed by atoms with Crippen LogP contribution in [0.2, 0.25) is 18.6 Å². The maximum absolute atomic E-state index is 14.9. The minimum absolute atomic E-state index is 0.0872. The molecule has 13 heteroatoms. The second kappa shape index (κ2) is 12.3. The molecule has 0 bridgehead atoms. The molecule has 3 amide bonds. The molecule has 8 rings (SSSR count). The van der Waals surface area contributed by atoms with Crippen molar-refractivity contribution >= 4 is 59.6 Å². The van der Waals surface area contributed by atoms with E-state index in [1.807, 2.05) is 67.6 Å². The topological polar surface area (TPSA) is 154 Å². The highest BCUT2D eigenvalue weighted by Gasteiger charge is 2.66. The minimum Gasteiger partial charge on any atom is -0.432 e. The number of anilines is 3. The number of nitro groups is 1. The average molecular weight is 721 g/mol. The lowest BCUT2D eigenvalue weighted by molar-refractivity contribution is -0.385. The number of aliphatic hydroxyl groups is 1. The van der Waals surface area contributed by atoms with Gasteiger partial charge in [-0.2, -0.15) is 0 Å².